The molecule has 2 rings (SSSR count). The van der Waals surface area contributed by atoms with Gasteiger partial charge in [0.25, 0.3) is 5.69 Å². The third kappa shape index (κ3) is 6.36. The van der Waals surface area contributed by atoms with Crippen LogP contribution in [0.4, 0.5) is 5.69 Å². The number of carbonyl (C=O) groups is 1. The largest absolute Gasteiger partial charge is 0.361 e. The van der Waals surface area contributed by atoms with Crippen LogP contribution in [0.3, 0.4) is 0 Å². The van der Waals surface area contributed by atoms with Crippen molar-refractivity contribution in [3.63, 3.8) is 0 Å². The van der Waals surface area contributed by atoms with Crippen LogP contribution in [0.2, 0.25) is 0 Å². The second-order valence-corrected chi connectivity index (χ2v) is 10.6. The van der Waals surface area contributed by atoms with Crippen LogP contribution < -0.4 is 4.18 Å². The molecule has 0 saturated carbocycles. The van der Waals surface area contributed by atoms with Crippen molar-refractivity contribution in [2.24, 2.45) is 0 Å². The lowest BCUT2D eigenvalue weighted by Gasteiger charge is -2.14. The topological polar surface area (TPSA) is 121 Å². The molecule has 0 aliphatic rings. The van der Waals surface area contributed by atoms with Gasteiger partial charge in [0.05, 0.1) is 21.9 Å². The Bertz CT molecular complexity index is 1250. The lowest BCUT2D eigenvalue weighted by Crippen LogP contribution is -2.18. The van der Waals surface area contributed by atoms with Crippen LogP contribution in [0, 0.1) is 24.0 Å². The molecule has 9 nitrogen and oxygen atoms in total. The molecule has 0 atom stereocenters. The SMILES string of the molecule is CCCCn1nc(C)c(C(=O)c2ccc([N+](=O)[O-])c(C(C)=C(C)C)c2C)c1OS(=O)(=O)CCCC. The molecule has 0 aliphatic carbocycles. The number of unbranched alkanes of at least 4 members (excludes halogenated alkanes) is 2. The van der Waals surface area contributed by atoms with Crippen LogP contribution >= 0.6 is 0 Å². The van der Waals surface area contributed by atoms with Gasteiger partial charge in [-0.15, -0.1) is 0 Å². The summed E-state index contributed by atoms with van der Waals surface area (Å²) < 4.78 is 32.2. The molecule has 35 heavy (non-hydrogen) atoms. The number of hydrogen-bond donors (Lipinski definition) is 0. The minimum Gasteiger partial charge on any atom is -0.361 e. The van der Waals surface area contributed by atoms with E-state index in [2.05, 4.69) is 5.10 Å². The van der Waals surface area contributed by atoms with Gasteiger partial charge in [0.2, 0.25) is 11.7 Å². The first kappa shape index (κ1) is 28.2. The number of hydrogen-bond acceptors (Lipinski definition) is 7. The number of benzene rings is 1. The van der Waals surface area contributed by atoms with Crippen LogP contribution in [0.25, 0.3) is 5.57 Å². The molecule has 0 unspecified atom stereocenters. The van der Waals surface area contributed by atoms with Gasteiger partial charge in [0.1, 0.15) is 5.56 Å². The highest BCUT2D eigenvalue weighted by atomic mass is 32.2. The van der Waals surface area contributed by atoms with Crippen LogP contribution in [-0.4, -0.2) is 34.7 Å². The predicted molar refractivity (Wildman–Crippen MR) is 136 cm³/mol. The quantitative estimate of drug-likeness (QED) is 0.155. The lowest BCUT2D eigenvalue weighted by molar-refractivity contribution is -0.385. The second kappa shape index (κ2) is 11.6. The lowest BCUT2D eigenvalue weighted by atomic mass is 9.90. The van der Waals surface area contributed by atoms with Gasteiger partial charge >= 0.3 is 10.1 Å². The maximum Gasteiger partial charge on any atom is 0.310 e. The molecule has 0 saturated heterocycles. The van der Waals surface area contributed by atoms with Crippen molar-refractivity contribution in [3.05, 3.63) is 55.8 Å². The predicted octanol–water partition coefficient (Wildman–Crippen LogP) is 5.76. The van der Waals surface area contributed by atoms with Crippen molar-refractivity contribution in [2.45, 2.75) is 80.7 Å². The molecule has 0 N–H and O–H groups in total. The van der Waals surface area contributed by atoms with Crippen molar-refractivity contribution < 1.29 is 22.3 Å². The molecule has 192 valence electrons. The smallest absolute Gasteiger partial charge is 0.310 e. The molecule has 0 fully saturated rings. The number of carbonyl (C=O) groups excluding carboxylic acids is 1. The highest BCUT2D eigenvalue weighted by molar-refractivity contribution is 7.87. The van der Waals surface area contributed by atoms with E-state index >= 15 is 0 Å². The van der Waals surface area contributed by atoms with Gasteiger partial charge in [-0.1, -0.05) is 32.3 Å². The summed E-state index contributed by atoms with van der Waals surface area (Å²) in [5.41, 5.74) is 2.96. The first-order chi connectivity index (χ1) is 16.4. The van der Waals surface area contributed by atoms with Gasteiger partial charge < -0.3 is 4.18 Å². The number of nitrogens with zero attached hydrogens (tertiary/aromatic N) is 3. The summed E-state index contributed by atoms with van der Waals surface area (Å²) >= 11 is 0. The fraction of sp³-hybridized carbons (Fsp3) is 0.520. The molecule has 0 aliphatic heterocycles. The van der Waals surface area contributed by atoms with Crippen molar-refractivity contribution in [1.29, 1.82) is 0 Å². The van der Waals surface area contributed by atoms with E-state index in [1.54, 1.807) is 20.8 Å². The molecule has 0 amide bonds. The standard InChI is InChI=1S/C25H35N3O6S/c1-8-10-14-27-25(34-35(32,33)15-11-9-2)23(19(7)26-27)24(29)20-12-13-21(28(30)31)22(18(20)6)17(5)16(3)4/h12-13H,8-11,14-15H2,1-7H3. The molecule has 1 aromatic heterocycles. The Kier molecular flexibility index (Phi) is 9.37. The van der Waals surface area contributed by atoms with E-state index in [9.17, 15) is 23.3 Å². The summed E-state index contributed by atoms with van der Waals surface area (Å²) in [6.07, 6.45) is 2.68. The summed E-state index contributed by atoms with van der Waals surface area (Å²) in [5, 5.41) is 16.1. The third-order valence-corrected chi connectivity index (χ3v) is 7.19. The highest BCUT2D eigenvalue weighted by Gasteiger charge is 2.30. The summed E-state index contributed by atoms with van der Waals surface area (Å²) in [7, 11) is -3.94. The fourth-order valence-electron chi connectivity index (χ4n) is 3.80. The molecule has 2 aromatic rings. The Balaban J connectivity index is 2.74. The molecule has 10 heteroatoms. The first-order valence-corrected chi connectivity index (χ1v) is 13.4. The number of nitro benzene ring substituents is 1. The Morgan fingerprint density at radius 2 is 1.71 bits per heavy atom. The number of rotatable bonds is 12. The number of ketones is 1. The van der Waals surface area contributed by atoms with Crippen LogP contribution in [0.5, 0.6) is 5.88 Å². The van der Waals surface area contributed by atoms with E-state index in [0.717, 1.165) is 18.4 Å². The molecular weight excluding hydrogens is 470 g/mol. The molecule has 0 spiro atoms. The monoisotopic (exact) mass is 505 g/mol. The summed E-state index contributed by atoms with van der Waals surface area (Å²) in [6, 6.07) is 2.73. The van der Waals surface area contributed by atoms with Crippen LogP contribution in [0.15, 0.2) is 17.7 Å². The Hall–Kier alpha value is -3.01. The van der Waals surface area contributed by atoms with Gasteiger partial charge in [-0.05, 0) is 64.7 Å². The molecule has 1 heterocycles. The average Bonchev–Trinajstić information content (AvgIpc) is 3.08. The Morgan fingerprint density at radius 3 is 2.26 bits per heavy atom. The zero-order valence-electron chi connectivity index (χ0n) is 21.6. The van der Waals surface area contributed by atoms with E-state index in [4.69, 9.17) is 4.18 Å². The average molecular weight is 506 g/mol. The van der Waals surface area contributed by atoms with Gasteiger partial charge in [-0.2, -0.15) is 13.5 Å². The van der Waals surface area contributed by atoms with E-state index in [-0.39, 0.29) is 28.4 Å². The molecular formula is C25H35N3O6S. The van der Waals surface area contributed by atoms with Gasteiger partial charge in [0.15, 0.2) is 0 Å². The van der Waals surface area contributed by atoms with Crippen molar-refractivity contribution >= 4 is 27.2 Å². The number of nitro groups is 1. The molecule has 0 bridgehead atoms. The highest BCUT2D eigenvalue weighted by Crippen LogP contribution is 2.35. The van der Waals surface area contributed by atoms with Crippen molar-refractivity contribution in [1.82, 2.24) is 9.78 Å². The van der Waals surface area contributed by atoms with Crippen LogP contribution in [-0.2, 0) is 16.7 Å². The second-order valence-electron chi connectivity index (χ2n) is 8.88. The number of allylic oxidation sites excluding steroid dienone is 2. The van der Waals surface area contributed by atoms with Crippen molar-refractivity contribution in [3.8, 4) is 5.88 Å². The van der Waals surface area contributed by atoms with Crippen molar-refractivity contribution in [2.75, 3.05) is 5.75 Å². The Morgan fingerprint density at radius 1 is 1.09 bits per heavy atom. The minimum absolute atomic E-state index is 0.0546. The summed E-state index contributed by atoms with van der Waals surface area (Å²) in [6.45, 7) is 13.0. The fourth-order valence-corrected chi connectivity index (χ4v) is 4.94. The zero-order chi connectivity index (χ0) is 26.5. The van der Waals surface area contributed by atoms with Gasteiger partial charge in [-0.25, -0.2) is 4.68 Å². The zero-order valence-corrected chi connectivity index (χ0v) is 22.4. The van der Waals surface area contributed by atoms with Gasteiger partial charge in [-0.3, -0.25) is 14.9 Å². The normalized spacial score (nSPS) is 11.4. The van der Waals surface area contributed by atoms with Crippen LogP contribution in [0.1, 0.15) is 93.0 Å². The summed E-state index contributed by atoms with van der Waals surface area (Å²) in [5.74, 6) is -0.758. The maximum atomic E-state index is 13.8. The summed E-state index contributed by atoms with van der Waals surface area (Å²) in [4.78, 5) is 25.0. The molecule has 1 aromatic carbocycles. The maximum absolute atomic E-state index is 13.8. The third-order valence-electron chi connectivity index (χ3n) is 5.99. The minimum atomic E-state index is -3.94. The number of aromatic nitrogens is 2. The number of aryl methyl sites for hydroxylation is 2. The Labute approximate surface area is 207 Å². The first-order valence-electron chi connectivity index (χ1n) is 11.8. The van der Waals surface area contributed by atoms with E-state index in [1.807, 2.05) is 27.7 Å². The van der Waals surface area contributed by atoms with Gasteiger partial charge in [0, 0.05) is 18.2 Å². The molecule has 0 radical (unpaired) electrons. The van der Waals surface area contributed by atoms with E-state index < -0.39 is 20.8 Å². The van der Waals surface area contributed by atoms with E-state index in [1.165, 1.54) is 16.8 Å². The van der Waals surface area contributed by atoms with E-state index in [0.29, 0.717) is 41.8 Å².